The molecule has 0 unspecified atom stereocenters. The van der Waals surface area contributed by atoms with Crippen molar-refractivity contribution in [1.82, 2.24) is 9.97 Å². The van der Waals surface area contributed by atoms with Crippen LogP contribution < -0.4 is 5.32 Å². The summed E-state index contributed by atoms with van der Waals surface area (Å²) in [5, 5.41) is 8.74. The molecule has 3 nitrogen and oxygen atoms in total. The Morgan fingerprint density at radius 2 is 2.24 bits per heavy atom. The van der Waals surface area contributed by atoms with E-state index in [1.807, 2.05) is 0 Å². The molecule has 0 saturated carbocycles. The predicted octanol–water partition coefficient (Wildman–Crippen LogP) is 3.67. The fourth-order valence-corrected chi connectivity index (χ4v) is 3.27. The quantitative estimate of drug-likeness (QED) is 0.781. The van der Waals surface area contributed by atoms with Crippen LogP contribution in [0, 0.1) is 6.92 Å². The van der Waals surface area contributed by atoms with E-state index in [1.54, 1.807) is 29.0 Å². The Kier molecular flexibility index (Phi) is 2.78. The smallest absolute Gasteiger partial charge is 0.138 e. The SMILES string of the molecule is Cc1csc2ncnc(NCc3cccs3)c12. The van der Waals surface area contributed by atoms with E-state index in [1.165, 1.54) is 10.4 Å². The Labute approximate surface area is 107 Å². The van der Waals surface area contributed by atoms with Crippen LogP contribution in [-0.2, 0) is 6.54 Å². The van der Waals surface area contributed by atoms with E-state index in [4.69, 9.17) is 0 Å². The predicted molar refractivity (Wildman–Crippen MR) is 73.8 cm³/mol. The standard InChI is InChI=1S/C12H11N3S2/c1-8-6-17-12-10(8)11(14-7-15-12)13-5-9-3-2-4-16-9/h2-4,6-7H,5H2,1H3,(H,13,14,15). The van der Waals surface area contributed by atoms with Crippen molar-refractivity contribution in [2.75, 3.05) is 5.32 Å². The molecular formula is C12H11N3S2. The summed E-state index contributed by atoms with van der Waals surface area (Å²) >= 11 is 3.41. The molecule has 0 atom stereocenters. The van der Waals surface area contributed by atoms with Crippen molar-refractivity contribution in [2.24, 2.45) is 0 Å². The summed E-state index contributed by atoms with van der Waals surface area (Å²) in [6, 6.07) is 4.18. The third-order valence-electron chi connectivity index (χ3n) is 2.56. The number of thiophene rings is 2. The highest BCUT2D eigenvalue weighted by molar-refractivity contribution is 7.17. The van der Waals surface area contributed by atoms with E-state index >= 15 is 0 Å². The monoisotopic (exact) mass is 261 g/mol. The van der Waals surface area contributed by atoms with Crippen molar-refractivity contribution in [3.8, 4) is 0 Å². The number of anilines is 1. The van der Waals surface area contributed by atoms with E-state index in [2.05, 4.69) is 45.1 Å². The summed E-state index contributed by atoms with van der Waals surface area (Å²) in [4.78, 5) is 11.0. The molecule has 0 bridgehead atoms. The molecule has 17 heavy (non-hydrogen) atoms. The van der Waals surface area contributed by atoms with Crippen LogP contribution >= 0.6 is 22.7 Å². The van der Waals surface area contributed by atoms with Gasteiger partial charge in [0.1, 0.15) is 17.0 Å². The van der Waals surface area contributed by atoms with Crippen LogP contribution in [0.2, 0.25) is 0 Å². The molecule has 1 N–H and O–H groups in total. The molecule has 86 valence electrons. The van der Waals surface area contributed by atoms with E-state index in [0.29, 0.717) is 0 Å². The van der Waals surface area contributed by atoms with Gasteiger partial charge < -0.3 is 5.32 Å². The average molecular weight is 261 g/mol. The Bertz CT molecular complexity index is 628. The largest absolute Gasteiger partial charge is 0.365 e. The molecule has 0 aliphatic rings. The zero-order chi connectivity index (χ0) is 11.7. The van der Waals surface area contributed by atoms with Crippen molar-refractivity contribution >= 4 is 38.7 Å². The van der Waals surface area contributed by atoms with Crippen molar-refractivity contribution in [3.63, 3.8) is 0 Å². The number of hydrogen-bond acceptors (Lipinski definition) is 5. The minimum absolute atomic E-state index is 0.819. The molecule has 0 aliphatic heterocycles. The summed E-state index contributed by atoms with van der Waals surface area (Å²) in [5.41, 5.74) is 1.24. The summed E-state index contributed by atoms with van der Waals surface area (Å²) in [7, 11) is 0. The first kappa shape index (κ1) is 10.7. The van der Waals surface area contributed by atoms with E-state index < -0.39 is 0 Å². The van der Waals surface area contributed by atoms with Crippen LogP contribution in [0.3, 0.4) is 0 Å². The maximum absolute atomic E-state index is 4.33. The number of rotatable bonds is 3. The second kappa shape index (κ2) is 4.43. The fourth-order valence-electron chi connectivity index (χ4n) is 1.74. The van der Waals surface area contributed by atoms with Crippen molar-refractivity contribution in [1.29, 1.82) is 0 Å². The van der Waals surface area contributed by atoms with Gasteiger partial charge in [0.2, 0.25) is 0 Å². The zero-order valence-electron chi connectivity index (χ0n) is 9.30. The molecule has 0 aliphatic carbocycles. The van der Waals surface area contributed by atoms with Crippen LogP contribution in [-0.4, -0.2) is 9.97 Å². The van der Waals surface area contributed by atoms with Gasteiger partial charge in [-0.25, -0.2) is 9.97 Å². The average Bonchev–Trinajstić information content (AvgIpc) is 2.97. The van der Waals surface area contributed by atoms with Crippen molar-refractivity contribution in [3.05, 3.63) is 39.7 Å². The third-order valence-corrected chi connectivity index (χ3v) is 4.44. The third kappa shape index (κ3) is 2.03. The number of fused-ring (bicyclic) bond motifs is 1. The van der Waals surface area contributed by atoms with E-state index in [0.717, 1.165) is 22.6 Å². The van der Waals surface area contributed by atoms with Gasteiger partial charge in [-0.1, -0.05) is 6.07 Å². The second-order valence-corrected chi connectivity index (χ2v) is 5.64. The lowest BCUT2D eigenvalue weighted by Crippen LogP contribution is -2.00. The Morgan fingerprint density at radius 1 is 1.29 bits per heavy atom. The summed E-state index contributed by atoms with van der Waals surface area (Å²) in [5.74, 6) is 0.933. The maximum Gasteiger partial charge on any atom is 0.138 e. The van der Waals surface area contributed by atoms with Gasteiger partial charge in [-0.15, -0.1) is 22.7 Å². The van der Waals surface area contributed by atoms with Crippen LogP contribution in [0.15, 0.2) is 29.2 Å². The minimum atomic E-state index is 0.819. The zero-order valence-corrected chi connectivity index (χ0v) is 10.9. The summed E-state index contributed by atoms with van der Waals surface area (Å²) in [6.07, 6.45) is 1.62. The van der Waals surface area contributed by atoms with Gasteiger partial charge in [-0.05, 0) is 29.3 Å². The Hall–Kier alpha value is -1.46. The molecule has 3 aromatic rings. The maximum atomic E-state index is 4.33. The summed E-state index contributed by atoms with van der Waals surface area (Å²) < 4.78 is 0. The Balaban J connectivity index is 1.92. The Morgan fingerprint density at radius 3 is 3.06 bits per heavy atom. The highest BCUT2D eigenvalue weighted by Gasteiger charge is 2.08. The fraction of sp³-hybridized carbons (Fsp3) is 0.167. The number of hydrogen-bond donors (Lipinski definition) is 1. The molecule has 0 amide bonds. The molecule has 3 rings (SSSR count). The topological polar surface area (TPSA) is 37.8 Å². The van der Waals surface area contributed by atoms with Gasteiger partial charge in [-0.3, -0.25) is 0 Å². The van der Waals surface area contributed by atoms with Crippen LogP contribution in [0.5, 0.6) is 0 Å². The molecule has 5 heteroatoms. The van der Waals surface area contributed by atoms with Gasteiger partial charge >= 0.3 is 0 Å². The molecular weight excluding hydrogens is 250 g/mol. The number of nitrogens with zero attached hydrogens (tertiary/aromatic N) is 2. The van der Waals surface area contributed by atoms with Gasteiger partial charge in [0, 0.05) is 4.88 Å². The van der Waals surface area contributed by atoms with Crippen molar-refractivity contribution < 1.29 is 0 Å². The molecule has 3 aromatic heterocycles. The lowest BCUT2D eigenvalue weighted by Gasteiger charge is -2.05. The van der Waals surface area contributed by atoms with Gasteiger partial charge in [0.25, 0.3) is 0 Å². The van der Waals surface area contributed by atoms with E-state index in [9.17, 15) is 0 Å². The molecule has 3 heterocycles. The molecule has 0 fully saturated rings. The first-order chi connectivity index (χ1) is 8.34. The van der Waals surface area contributed by atoms with Crippen molar-refractivity contribution in [2.45, 2.75) is 13.5 Å². The van der Waals surface area contributed by atoms with Gasteiger partial charge in [0.05, 0.1) is 11.9 Å². The minimum Gasteiger partial charge on any atom is -0.365 e. The lowest BCUT2D eigenvalue weighted by atomic mass is 10.2. The molecule has 0 aromatic carbocycles. The van der Waals surface area contributed by atoms with Crippen LogP contribution in [0.1, 0.15) is 10.4 Å². The number of nitrogens with one attached hydrogen (secondary N) is 1. The first-order valence-electron chi connectivity index (χ1n) is 5.29. The lowest BCUT2D eigenvalue weighted by molar-refractivity contribution is 1.13. The molecule has 0 spiro atoms. The normalized spacial score (nSPS) is 10.9. The van der Waals surface area contributed by atoms with Crippen LogP contribution in [0.4, 0.5) is 5.82 Å². The molecule has 0 saturated heterocycles. The highest BCUT2D eigenvalue weighted by Crippen LogP contribution is 2.28. The summed E-state index contributed by atoms with van der Waals surface area (Å²) in [6.45, 7) is 2.91. The highest BCUT2D eigenvalue weighted by atomic mass is 32.1. The van der Waals surface area contributed by atoms with Gasteiger partial charge in [0.15, 0.2) is 0 Å². The second-order valence-electron chi connectivity index (χ2n) is 3.75. The van der Waals surface area contributed by atoms with Crippen LogP contribution in [0.25, 0.3) is 10.2 Å². The van der Waals surface area contributed by atoms with E-state index in [-0.39, 0.29) is 0 Å². The number of aryl methyl sites for hydroxylation is 1. The van der Waals surface area contributed by atoms with Gasteiger partial charge in [-0.2, -0.15) is 0 Å². The number of aromatic nitrogens is 2. The molecule has 0 radical (unpaired) electrons. The first-order valence-corrected chi connectivity index (χ1v) is 7.05.